The molecule has 1 aliphatic carbocycles. The van der Waals surface area contributed by atoms with Crippen molar-refractivity contribution in [2.24, 2.45) is 0 Å². The minimum absolute atomic E-state index is 0.396. The Kier molecular flexibility index (Phi) is 2.55. The van der Waals surface area contributed by atoms with Crippen LogP contribution in [0.5, 0.6) is 0 Å². The van der Waals surface area contributed by atoms with E-state index in [2.05, 4.69) is 36.4 Å². The zero-order chi connectivity index (χ0) is 11.9. The van der Waals surface area contributed by atoms with Crippen molar-refractivity contribution in [3.05, 3.63) is 64.5 Å². The molecule has 0 saturated carbocycles. The van der Waals surface area contributed by atoms with E-state index in [1.165, 1.54) is 32.4 Å². The van der Waals surface area contributed by atoms with Crippen molar-refractivity contribution in [2.75, 3.05) is 11.5 Å². The molecular weight excluding hydrogens is 260 g/mol. The van der Waals surface area contributed by atoms with Crippen LogP contribution in [0.4, 0.5) is 0 Å². The van der Waals surface area contributed by atoms with E-state index in [1.807, 2.05) is 29.8 Å². The Labute approximate surface area is 115 Å². The molecule has 1 aromatic carbocycles. The molecule has 0 saturated heterocycles. The summed E-state index contributed by atoms with van der Waals surface area (Å²) in [6.07, 6.45) is 1.82. The predicted molar refractivity (Wildman–Crippen MR) is 78.8 cm³/mol. The molecule has 1 aliphatic heterocycles. The summed E-state index contributed by atoms with van der Waals surface area (Å²) < 4.78 is 5.71. The average Bonchev–Trinajstić information content (AvgIpc) is 2.99. The van der Waals surface area contributed by atoms with Gasteiger partial charge in [0.1, 0.15) is 5.76 Å². The number of hydrogen-bond donors (Lipinski definition) is 0. The molecule has 2 aliphatic rings. The minimum Gasteiger partial charge on any atom is -0.463 e. The molecule has 1 unspecified atom stereocenters. The van der Waals surface area contributed by atoms with Crippen LogP contribution >= 0.6 is 23.5 Å². The molecule has 90 valence electrons. The van der Waals surface area contributed by atoms with Gasteiger partial charge in [0.2, 0.25) is 0 Å². The third kappa shape index (κ3) is 1.50. The summed E-state index contributed by atoms with van der Waals surface area (Å²) in [7, 11) is 0. The Hall–Kier alpha value is -1.06. The summed E-state index contributed by atoms with van der Waals surface area (Å²) >= 11 is 3.94. The van der Waals surface area contributed by atoms with Crippen molar-refractivity contribution >= 4 is 28.4 Å². The maximum atomic E-state index is 5.71. The Bertz CT molecular complexity index is 612. The molecule has 2 aromatic rings. The summed E-state index contributed by atoms with van der Waals surface area (Å²) in [5, 5.41) is 0. The highest BCUT2D eigenvalue weighted by atomic mass is 32.2. The van der Waals surface area contributed by atoms with E-state index in [4.69, 9.17) is 4.42 Å². The number of allylic oxidation sites excluding steroid dienone is 1. The van der Waals surface area contributed by atoms with Crippen LogP contribution in [0, 0.1) is 0 Å². The molecule has 0 spiro atoms. The van der Waals surface area contributed by atoms with Crippen LogP contribution in [0.1, 0.15) is 22.8 Å². The lowest BCUT2D eigenvalue weighted by Crippen LogP contribution is -2.01. The largest absolute Gasteiger partial charge is 0.463 e. The van der Waals surface area contributed by atoms with Crippen LogP contribution in [-0.2, 0) is 0 Å². The highest BCUT2D eigenvalue weighted by Crippen LogP contribution is 2.56. The molecule has 0 bridgehead atoms. The molecule has 18 heavy (non-hydrogen) atoms. The molecule has 0 amide bonds. The Morgan fingerprint density at radius 1 is 1.00 bits per heavy atom. The fourth-order valence-electron chi connectivity index (χ4n) is 2.67. The van der Waals surface area contributed by atoms with Crippen molar-refractivity contribution in [3.8, 4) is 0 Å². The van der Waals surface area contributed by atoms with Gasteiger partial charge in [0.15, 0.2) is 0 Å². The van der Waals surface area contributed by atoms with Crippen LogP contribution in [0.25, 0.3) is 4.91 Å². The fourth-order valence-corrected chi connectivity index (χ4v) is 5.33. The summed E-state index contributed by atoms with van der Waals surface area (Å²) in [4.78, 5) is 2.87. The number of furan rings is 1. The van der Waals surface area contributed by atoms with Gasteiger partial charge in [0.25, 0.3) is 0 Å². The Morgan fingerprint density at radius 2 is 1.83 bits per heavy atom. The van der Waals surface area contributed by atoms with Gasteiger partial charge >= 0.3 is 0 Å². The van der Waals surface area contributed by atoms with Crippen LogP contribution in [-0.4, -0.2) is 11.5 Å². The standard InChI is InChI=1S/C15H12OS2/c1-2-4-10(5-3-1)12-11-6-7-16-13(11)15-14(12)17-8-9-18-15/h1-7,12H,8-9H2. The van der Waals surface area contributed by atoms with E-state index in [-0.39, 0.29) is 0 Å². The number of benzene rings is 1. The Balaban J connectivity index is 1.90. The van der Waals surface area contributed by atoms with Crippen molar-refractivity contribution < 1.29 is 4.42 Å². The highest BCUT2D eigenvalue weighted by Gasteiger charge is 2.36. The van der Waals surface area contributed by atoms with E-state index in [9.17, 15) is 0 Å². The van der Waals surface area contributed by atoms with E-state index in [0.717, 1.165) is 5.76 Å². The highest BCUT2D eigenvalue weighted by molar-refractivity contribution is 8.13. The van der Waals surface area contributed by atoms with Gasteiger partial charge in [-0.25, -0.2) is 0 Å². The normalized spacial score (nSPS) is 21.9. The molecule has 0 N–H and O–H groups in total. The van der Waals surface area contributed by atoms with Crippen molar-refractivity contribution in [3.63, 3.8) is 0 Å². The van der Waals surface area contributed by atoms with Crippen LogP contribution in [0.3, 0.4) is 0 Å². The zero-order valence-corrected chi connectivity index (χ0v) is 11.4. The third-order valence-corrected chi connectivity index (χ3v) is 6.07. The summed E-state index contributed by atoms with van der Waals surface area (Å²) in [5.41, 5.74) is 2.72. The number of thioether (sulfide) groups is 2. The van der Waals surface area contributed by atoms with Gasteiger partial charge in [-0.2, -0.15) is 0 Å². The lowest BCUT2D eigenvalue weighted by Gasteiger charge is -2.19. The summed E-state index contributed by atoms with van der Waals surface area (Å²) in [5.74, 6) is 3.89. The maximum Gasteiger partial charge on any atom is 0.145 e. The first kappa shape index (κ1) is 10.8. The van der Waals surface area contributed by atoms with E-state index < -0.39 is 0 Å². The van der Waals surface area contributed by atoms with Gasteiger partial charge in [-0.1, -0.05) is 30.3 Å². The van der Waals surface area contributed by atoms with E-state index in [1.54, 1.807) is 0 Å². The lowest BCUT2D eigenvalue weighted by molar-refractivity contribution is 0.554. The van der Waals surface area contributed by atoms with Crippen LogP contribution in [0.2, 0.25) is 0 Å². The van der Waals surface area contributed by atoms with Gasteiger partial charge in [-0.15, -0.1) is 23.5 Å². The first-order chi connectivity index (χ1) is 8.95. The second kappa shape index (κ2) is 4.25. The predicted octanol–water partition coefficient (Wildman–Crippen LogP) is 4.57. The second-order valence-corrected chi connectivity index (χ2v) is 6.68. The molecule has 4 rings (SSSR count). The quantitative estimate of drug-likeness (QED) is 0.754. The van der Waals surface area contributed by atoms with Gasteiger partial charge in [-0.05, 0) is 11.6 Å². The van der Waals surface area contributed by atoms with Crippen LogP contribution < -0.4 is 0 Å². The minimum atomic E-state index is 0.396. The molecule has 0 radical (unpaired) electrons. The monoisotopic (exact) mass is 272 g/mol. The van der Waals surface area contributed by atoms with Gasteiger partial charge < -0.3 is 4.42 Å². The molecule has 1 nitrogen and oxygen atoms in total. The summed E-state index contributed by atoms with van der Waals surface area (Å²) in [6, 6.07) is 12.9. The number of hydrogen-bond acceptors (Lipinski definition) is 3. The zero-order valence-electron chi connectivity index (χ0n) is 9.76. The first-order valence-corrected chi connectivity index (χ1v) is 8.05. The topological polar surface area (TPSA) is 13.1 Å². The van der Waals surface area contributed by atoms with E-state index in [0.29, 0.717) is 5.92 Å². The molecule has 1 atom stereocenters. The van der Waals surface area contributed by atoms with Gasteiger partial charge in [-0.3, -0.25) is 0 Å². The lowest BCUT2D eigenvalue weighted by atomic mass is 9.95. The molecule has 2 heterocycles. The molecular formula is C15H12OS2. The second-order valence-electron chi connectivity index (χ2n) is 4.44. The molecule has 1 aromatic heterocycles. The number of rotatable bonds is 1. The molecule has 0 fully saturated rings. The Morgan fingerprint density at radius 3 is 2.72 bits per heavy atom. The molecule has 3 heteroatoms. The third-order valence-electron chi connectivity index (χ3n) is 3.42. The van der Waals surface area contributed by atoms with Crippen molar-refractivity contribution in [1.29, 1.82) is 0 Å². The van der Waals surface area contributed by atoms with Gasteiger partial charge in [0.05, 0.1) is 11.2 Å². The smallest absolute Gasteiger partial charge is 0.145 e. The van der Waals surface area contributed by atoms with Gasteiger partial charge in [0, 0.05) is 27.9 Å². The average molecular weight is 272 g/mol. The van der Waals surface area contributed by atoms with Crippen molar-refractivity contribution in [2.45, 2.75) is 5.92 Å². The van der Waals surface area contributed by atoms with E-state index >= 15 is 0 Å². The fraction of sp³-hybridized carbons (Fsp3) is 0.200. The maximum absolute atomic E-state index is 5.71. The van der Waals surface area contributed by atoms with Crippen LogP contribution in [0.15, 0.2) is 52.0 Å². The van der Waals surface area contributed by atoms with Crippen molar-refractivity contribution in [1.82, 2.24) is 0 Å². The number of fused-ring (bicyclic) bond motifs is 2. The first-order valence-electron chi connectivity index (χ1n) is 6.07. The summed E-state index contributed by atoms with van der Waals surface area (Å²) in [6.45, 7) is 0. The SMILES string of the molecule is c1ccc(C2C3=C(SCCS3)c3occc32)cc1.